The van der Waals surface area contributed by atoms with Gasteiger partial charge in [-0.1, -0.05) is 38.3 Å². The van der Waals surface area contributed by atoms with Crippen LogP contribution in [0.5, 0.6) is 5.75 Å². The highest BCUT2D eigenvalue weighted by Gasteiger charge is 2.42. The number of unbranched alkanes of at least 4 members (excludes halogenated alkanes) is 3. The van der Waals surface area contributed by atoms with Crippen molar-refractivity contribution in [2.45, 2.75) is 50.9 Å². The van der Waals surface area contributed by atoms with Crippen LogP contribution in [0.3, 0.4) is 0 Å². The number of hydrazine groups is 1. The van der Waals surface area contributed by atoms with Gasteiger partial charge >= 0.3 is 0 Å². The Morgan fingerprint density at radius 2 is 1.78 bits per heavy atom. The number of ether oxygens (including phenoxy) is 2. The van der Waals surface area contributed by atoms with Gasteiger partial charge < -0.3 is 9.47 Å². The van der Waals surface area contributed by atoms with Crippen LogP contribution in [-0.4, -0.2) is 31.6 Å². The maximum absolute atomic E-state index is 13.8. The van der Waals surface area contributed by atoms with Crippen molar-refractivity contribution < 1.29 is 23.5 Å². The van der Waals surface area contributed by atoms with E-state index in [0.29, 0.717) is 49.5 Å². The van der Waals surface area contributed by atoms with Gasteiger partial charge in [0.1, 0.15) is 11.6 Å². The van der Waals surface area contributed by atoms with E-state index >= 15 is 0 Å². The zero-order valence-corrected chi connectivity index (χ0v) is 18.5. The van der Waals surface area contributed by atoms with Gasteiger partial charge in [0.25, 0.3) is 5.91 Å². The van der Waals surface area contributed by atoms with Crippen LogP contribution >= 0.6 is 0 Å². The highest BCUT2D eigenvalue weighted by molar-refractivity contribution is 5.97. The Balaban J connectivity index is 1.57. The molecule has 0 saturated carbocycles. The lowest BCUT2D eigenvalue weighted by atomic mass is 9.73. The number of carbonyl (C=O) groups is 2. The minimum Gasteiger partial charge on any atom is -0.494 e. The number of nitrogens with one attached hydrogen (secondary N) is 2. The second kappa shape index (κ2) is 11.6. The average molecular weight is 443 g/mol. The second-order valence-electron chi connectivity index (χ2n) is 8.05. The zero-order chi connectivity index (χ0) is 22.8. The van der Waals surface area contributed by atoms with Crippen LogP contribution in [0.1, 0.15) is 61.4 Å². The van der Waals surface area contributed by atoms with Crippen LogP contribution in [0.2, 0.25) is 0 Å². The SMILES string of the molecule is CCCCCCOc1ccc(C(=O)NNC(=O)C2(c3cccc(F)c3)CCOCC2)cc1. The summed E-state index contributed by atoms with van der Waals surface area (Å²) < 4.78 is 24.9. The Morgan fingerprint density at radius 3 is 2.47 bits per heavy atom. The lowest BCUT2D eigenvalue weighted by molar-refractivity contribution is -0.131. The molecule has 1 aliphatic rings. The Hall–Kier alpha value is -2.93. The largest absolute Gasteiger partial charge is 0.494 e. The third kappa shape index (κ3) is 6.07. The Labute approximate surface area is 188 Å². The molecule has 1 fully saturated rings. The Morgan fingerprint density at radius 1 is 1.03 bits per heavy atom. The number of amides is 2. The van der Waals surface area contributed by atoms with Crippen LogP contribution in [-0.2, 0) is 14.9 Å². The van der Waals surface area contributed by atoms with Crippen molar-refractivity contribution in [3.63, 3.8) is 0 Å². The maximum atomic E-state index is 13.8. The van der Waals surface area contributed by atoms with E-state index in [1.165, 1.54) is 25.0 Å². The molecule has 0 aliphatic carbocycles. The predicted molar refractivity (Wildman–Crippen MR) is 120 cm³/mol. The second-order valence-corrected chi connectivity index (χ2v) is 8.05. The van der Waals surface area contributed by atoms with E-state index in [-0.39, 0.29) is 5.91 Å². The number of hydrogen-bond acceptors (Lipinski definition) is 4. The zero-order valence-electron chi connectivity index (χ0n) is 18.5. The predicted octanol–water partition coefficient (Wildman–Crippen LogP) is 4.29. The van der Waals surface area contributed by atoms with Crippen molar-refractivity contribution in [1.82, 2.24) is 10.9 Å². The first-order valence-corrected chi connectivity index (χ1v) is 11.2. The molecule has 0 atom stereocenters. The molecule has 2 aromatic carbocycles. The fraction of sp³-hybridized carbons (Fsp3) is 0.440. The molecule has 1 aliphatic heterocycles. The summed E-state index contributed by atoms with van der Waals surface area (Å²) in [5.41, 5.74) is 5.03. The molecule has 0 spiro atoms. The molecule has 2 amide bonds. The van der Waals surface area contributed by atoms with Gasteiger partial charge in [0.2, 0.25) is 5.91 Å². The third-order valence-corrected chi connectivity index (χ3v) is 5.83. The molecule has 172 valence electrons. The fourth-order valence-electron chi connectivity index (χ4n) is 3.88. The number of halogens is 1. The number of carbonyl (C=O) groups excluding carboxylic acids is 2. The van der Waals surface area contributed by atoms with Crippen molar-refractivity contribution in [2.75, 3.05) is 19.8 Å². The molecule has 2 N–H and O–H groups in total. The lowest BCUT2D eigenvalue weighted by Crippen LogP contribution is -2.53. The van der Waals surface area contributed by atoms with Crippen LogP contribution in [0.4, 0.5) is 4.39 Å². The lowest BCUT2D eigenvalue weighted by Gasteiger charge is -2.36. The first kappa shape index (κ1) is 23.7. The fourth-order valence-corrected chi connectivity index (χ4v) is 3.88. The van der Waals surface area contributed by atoms with Crippen molar-refractivity contribution >= 4 is 11.8 Å². The molecule has 3 rings (SSSR count). The van der Waals surface area contributed by atoms with Gasteiger partial charge in [0.15, 0.2) is 0 Å². The van der Waals surface area contributed by atoms with Crippen LogP contribution < -0.4 is 15.6 Å². The number of rotatable bonds is 9. The van der Waals surface area contributed by atoms with Crippen LogP contribution in [0, 0.1) is 5.82 Å². The van der Waals surface area contributed by atoms with E-state index in [1.54, 1.807) is 36.4 Å². The average Bonchev–Trinajstić information content (AvgIpc) is 2.83. The van der Waals surface area contributed by atoms with Crippen LogP contribution in [0.15, 0.2) is 48.5 Å². The van der Waals surface area contributed by atoms with Gasteiger partial charge in [-0.3, -0.25) is 20.4 Å². The van der Waals surface area contributed by atoms with Gasteiger partial charge in [-0.15, -0.1) is 0 Å². The molecule has 0 radical (unpaired) electrons. The molecule has 0 bridgehead atoms. The summed E-state index contributed by atoms with van der Waals surface area (Å²) in [6, 6.07) is 12.8. The molecule has 0 unspecified atom stereocenters. The van der Waals surface area contributed by atoms with Crippen molar-refractivity contribution in [3.05, 3.63) is 65.5 Å². The van der Waals surface area contributed by atoms with Gasteiger partial charge in [-0.25, -0.2) is 4.39 Å². The monoisotopic (exact) mass is 442 g/mol. The molecule has 2 aromatic rings. The normalized spacial score (nSPS) is 15.1. The van der Waals surface area contributed by atoms with Crippen molar-refractivity contribution in [2.24, 2.45) is 0 Å². The van der Waals surface area contributed by atoms with Gasteiger partial charge in [-0.2, -0.15) is 0 Å². The van der Waals surface area contributed by atoms with Crippen LogP contribution in [0.25, 0.3) is 0 Å². The minimum atomic E-state index is -0.955. The topological polar surface area (TPSA) is 76.7 Å². The number of benzene rings is 2. The molecule has 32 heavy (non-hydrogen) atoms. The molecule has 1 heterocycles. The molecule has 7 heteroatoms. The van der Waals surface area contributed by atoms with E-state index < -0.39 is 17.1 Å². The summed E-state index contributed by atoms with van der Waals surface area (Å²) in [4.78, 5) is 25.6. The van der Waals surface area contributed by atoms with E-state index in [2.05, 4.69) is 17.8 Å². The van der Waals surface area contributed by atoms with E-state index in [0.717, 1.165) is 12.8 Å². The molecule has 0 aromatic heterocycles. The molecular formula is C25H31FN2O4. The summed E-state index contributed by atoms with van der Waals surface area (Å²) >= 11 is 0. The summed E-state index contributed by atoms with van der Waals surface area (Å²) in [7, 11) is 0. The van der Waals surface area contributed by atoms with Crippen molar-refractivity contribution in [3.8, 4) is 5.75 Å². The first-order valence-electron chi connectivity index (χ1n) is 11.2. The Bertz CT molecular complexity index is 895. The third-order valence-electron chi connectivity index (χ3n) is 5.83. The van der Waals surface area contributed by atoms with Gasteiger partial charge in [0.05, 0.1) is 12.0 Å². The molecule has 6 nitrogen and oxygen atoms in total. The molecular weight excluding hydrogens is 411 g/mol. The van der Waals surface area contributed by atoms with E-state index in [4.69, 9.17) is 9.47 Å². The highest BCUT2D eigenvalue weighted by Crippen LogP contribution is 2.35. The summed E-state index contributed by atoms with van der Waals surface area (Å²) in [5.74, 6) is -0.520. The van der Waals surface area contributed by atoms with Gasteiger partial charge in [-0.05, 0) is 61.2 Å². The van der Waals surface area contributed by atoms with Crippen molar-refractivity contribution in [1.29, 1.82) is 0 Å². The minimum absolute atomic E-state index is 0.383. The Kier molecular flexibility index (Phi) is 8.62. The highest BCUT2D eigenvalue weighted by atomic mass is 19.1. The summed E-state index contributed by atoms with van der Waals surface area (Å²) in [6.07, 6.45) is 5.32. The van der Waals surface area contributed by atoms with E-state index in [9.17, 15) is 14.0 Å². The smallest absolute Gasteiger partial charge is 0.269 e. The molecule has 1 saturated heterocycles. The summed E-state index contributed by atoms with van der Waals surface area (Å²) in [5, 5.41) is 0. The quantitative estimate of drug-likeness (QED) is 0.449. The first-order chi connectivity index (χ1) is 15.5. The standard InChI is InChI=1S/C25H31FN2O4/c1-2-3-4-5-15-32-22-11-9-19(10-12-22)23(29)27-28-24(30)25(13-16-31-17-14-25)20-7-6-8-21(26)18-20/h6-12,18H,2-5,13-17H2,1H3,(H,27,29)(H,28,30). The summed E-state index contributed by atoms with van der Waals surface area (Å²) in [6.45, 7) is 3.58. The van der Waals surface area contributed by atoms with Gasteiger partial charge in [0, 0.05) is 18.8 Å². The number of hydrogen-bond donors (Lipinski definition) is 2. The maximum Gasteiger partial charge on any atom is 0.269 e. The van der Waals surface area contributed by atoms with E-state index in [1.807, 2.05) is 0 Å².